The van der Waals surface area contributed by atoms with E-state index in [4.69, 9.17) is 0 Å². The van der Waals surface area contributed by atoms with Crippen molar-refractivity contribution in [1.82, 2.24) is 9.21 Å². The highest BCUT2D eigenvalue weighted by Gasteiger charge is 2.44. The van der Waals surface area contributed by atoms with E-state index in [-0.39, 0.29) is 11.4 Å². The fourth-order valence-electron chi connectivity index (χ4n) is 5.76. The quantitative estimate of drug-likeness (QED) is 0.510. The summed E-state index contributed by atoms with van der Waals surface area (Å²) in [5.41, 5.74) is 5.06. The van der Waals surface area contributed by atoms with Crippen LogP contribution in [0.3, 0.4) is 0 Å². The van der Waals surface area contributed by atoms with Gasteiger partial charge in [0.25, 0.3) is 0 Å². The molecule has 2 saturated heterocycles. The Kier molecular flexibility index (Phi) is 7.81. The van der Waals surface area contributed by atoms with Gasteiger partial charge in [0.05, 0.1) is 4.90 Å². The van der Waals surface area contributed by atoms with Gasteiger partial charge in [0.2, 0.25) is 10.0 Å². The highest BCUT2D eigenvalue weighted by atomic mass is 32.2. The van der Waals surface area contributed by atoms with E-state index < -0.39 is 10.0 Å². The third-order valence-corrected chi connectivity index (χ3v) is 10.1. The molecule has 0 saturated carbocycles. The first-order chi connectivity index (χ1) is 17.1. The Morgan fingerprint density at radius 2 is 1.75 bits per heavy atom. The monoisotopic (exact) mass is 511 g/mol. The largest absolute Gasteiger partial charge is 0.324 e. The maximum absolute atomic E-state index is 13.4. The molecule has 2 amide bonds. The minimum Gasteiger partial charge on any atom is -0.324 e. The van der Waals surface area contributed by atoms with Gasteiger partial charge in [-0.2, -0.15) is 4.31 Å². The van der Waals surface area contributed by atoms with Crippen LogP contribution in [0, 0.1) is 19.3 Å². The highest BCUT2D eigenvalue weighted by Crippen LogP contribution is 2.42. The summed E-state index contributed by atoms with van der Waals surface area (Å²) >= 11 is 0. The Morgan fingerprint density at radius 1 is 1.06 bits per heavy atom. The standard InChI is InChI=1S/C29H41N3O3S/c1-6-8-24-9-7-10-25(21(2)3)27(24)30-28(33)31-16-13-29(20-31)14-17-32(18-15-29)36(34,35)26-19-22(4)11-12-23(26)5/h7,9-12,19,21H,6,8,13-18,20H2,1-5H3,(H,30,33). The average molecular weight is 512 g/mol. The summed E-state index contributed by atoms with van der Waals surface area (Å²) in [7, 11) is -3.51. The Bertz CT molecular complexity index is 1210. The van der Waals surface area contributed by atoms with E-state index in [1.54, 1.807) is 10.4 Å². The number of nitrogens with one attached hydrogen (secondary N) is 1. The molecular formula is C29H41N3O3S. The number of anilines is 1. The van der Waals surface area contributed by atoms with Crippen LogP contribution in [0.15, 0.2) is 41.3 Å². The van der Waals surface area contributed by atoms with Gasteiger partial charge in [-0.05, 0) is 79.2 Å². The second kappa shape index (κ2) is 10.5. The molecule has 2 aliphatic heterocycles. The van der Waals surface area contributed by atoms with Crippen molar-refractivity contribution in [3.8, 4) is 0 Å². The smallest absolute Gasteiger partial charge is 0.321 e. The van der Waals surface area contributed by atoms with Crippen LogP contribution < -0.4 is 5.32 Å². The summed E-state index contributed by atoms with van der Waals surface area (Å²) in [6.07, 6.45) is 4.45. The molecule has 2 aromatic carbocycles. The second-order valence-electron chi connectivity index (χ2n) is 11.1. The van der Waals surface area contributed by atoms with Crippen molar-refractivity contribution >= 4 is 21.7 Å². The summed E-state index contributed by atoms with van der Waals surface area (Å²) in [5, 5.41) is 3.26. The molecule has 6 nitrogen and oxygen atoms in total. The van der Waals surface area contributed by atoms with Crippen molar-refractivity contribution in [1.29, 1.82) is 0 Å². The number of carbonyl (C=O) groups is 1. The number of nitrogens with zero attached hydrogens (tertiary/aromatic N) is 2. The molecule has 7 heteroatoms. The average Bonchev–Trinajstić information content (AvgIpc) is 3.25. The first kappa shape index (κ1) is 26.7. The van der Waals surface area contributed by atoms with Gasteiger partial charge in [0, 0.05) is 31.9 Å². The lowest BCUT2D eigenvalue weighted by molar-refractivity contribution is 0.158. The van der Waals surface area contributed by atoms with Crippen molar-refractivity contribution < 1.29 is 13.2 Å². The van der Waals surface area contributed by atoms with Gasteiger partial charge in [-0.3, -0.25) is 0 Å². The van der Waals surface area contributed by atoms with Gasteiger partial charge >= 0.3 is 6.03 Å². The molecule has 0 radical (unpaired) electrons. The molecule has 0 unspecified atom stereocenters. The lowest BCUT2D eigenvalue weighted by Gasteiger charge is -2.38. The molecule has 1 spiro atoms. The third-order valence-electron chi connectivity index (χ3n) is 8.03. The fraction of sp³-hybridized carbons (Fsp3) is 0.552. The minimum absolute atomic E-state index is 0.00514. The Morgan fingerprint density at radius 3 is 2.42 bits per heavy atom. The number of aryl methyl sites for hydroxylation is 3. The summed E-state index contributed by atoms with van der Waals surface area (Å²) in [5.74, 6) is 0.324. The third kappa shape index (κ3) is 5.32. The summed E-state index contributed by atoms with van der Waals surface area (Å²) in [4.78, 5) is 15.7. The maximum Gasteiger partial charge on any atom is 0.321 e. The van der Waals surface area contributed by atoms with E-state index in [0.29, 0.717) is 37.0 Å². The van der Waals surface area contributed by atoms with E-state index in [1.165, 1.54) is 11.1 Å². The number of para-hydroxylation sites is 1. The van der Waals surface area contributed by atoms with E-state index in [0.717, 1.165) is 48.9 Å². The van der Waals surface area contributed by atoms with Gasteiger partial charge in [0.1, 0.15) is 0 Å². The number of amides is 2. The number of piperidine rings is 1. The SMILES string of the molecule is CCCc1cccc(C(C)C)c1NC(=O)N1CCC2(CCN(S(=O)(=O)c3cc(C)ccc3C)CC2)C1. The summed E-state index contributed by atoms with van der Waals surface area (Å²) in [6.45, 7) is 12.7. The number of carbonyl (C=O) groups excluding carboxylic acids is 1. The second-order valence-corrected chi connectivity index (χ2v) is 13.0. The van der Waals surface area contributed by atoms with Gasteiger partial charge in [0.15, 0.2) is 0 Å². The van der Waals surface area contributed by atoms with Gasteiger partial charge in [-0.1, -0.05) is 57.5 Å². The maximum atomic E-state index is 13.4. The van der Waals surface area contributed by atoms with Crippen LogP contribution in [0.4, 0.5) is 10.5 Å². The van der Waals surface area contributed by atoms with Crippen LogP contribution in [-0.2, 0) is 16.4 Å². The number of likely N-dealkylation sites (tertiary alicyclic amines) is 1. The summed E-state index contributed by atoms with van der Waals surface area (Å²) < 4.78 is 28.4. The molecular weight excluding hydrogens is 470 g/mol. The van der Waals surface area contributed by atoms with Gasteiger partial charge in [-0.25, -0.2) is 13.2 Å². The molecule has 2 fully saturated rings. The zero-order valence-electron chi connectivity index (χ0n) is 22.4. The molecule has 1 N–H and O–H groups in total. The fourth-order valence-corrected chi connectivity index (χ4v) is 7.51. The van der Waals surface area contributed by atoms with Crippen molar-refractivity contribution in [3.05, 3.63) is 58.7 Å². The number of urea groups is 1. The highest BCUT2D eigenvalue weighted by molar-refractivity contribution is 7.89. The molecule has 0 bridgehead atoms. The van der Waals surface area contributed by atoms with Crippen molar-refractivity contribution in [3.63, 3.8) is 0 Å². The Hall–Kier alpha value is -2.38. The van der Waals surface area contributed by atoms with E-state index in [2.05, 4.69) is 44.3 Å². The van der Waals surface area contributed by atoms with Crippen LogP contribution in [-0.4, -0.2) is 49.8 Å². The molecule has 4 rings (SSSR count). The molecule has 2 aliphatic rings. The van der Waals surface area contributed by atoms with Crippen LogP contribution in [0.1, 0.15) is 74.6 Å². The lowest BCUT2D eigenvalue weighted by Crippen LogP contribution is -2.45. The topological polar surface area (TPSA) is 69.7 Å². The molecule has 0 aliphatic carbocycles. The van der Waals surface area contributed by atoms with Crippen LogP contribution in [0.5, 0.6) is 0 Å². The van der Waals surface area contributed by atoms with E-state index in [1.807, 2.05) is 30.9 Å². The predicted octanol–water partition coefficient (Wildman–Crippen LogP) is 6.09. The Labute approximate surface area is 217 Å². The zero-order chi connectivity index (χ0) is 26.1. The normalized spacial score (nSPS) is 18.2. The van der Waals surface area contributed by atoms with Crippen LogP contribution >= 0.6 is 0 Å². The van der Waals surface area contributed by atoms with Crippen LogP contribution in [0.25, 0.3) is 0 Å². The van der Waals surface area contributed by atoms with Crippen LogP contribution in [0.2, 0.25) is 0 Å². The Balaban J connectivity index is 1.43. The van der Waals surface area contributed by atoms with Crippen molar-refractivity contribution in [2.24, 2.45) is 5.41 Å². The summed E-state index contributed by atoms with van der Waals surface area (Å²) in [6, 6.07) is 11.9. The molecule has 2 heterocycles. The number of sulfonamides is 1. The van der Waals surface area contributed by atoms with E-state index in [9.17, 15) is 13.2 Å². The predicted molar refractivity (Wildman–Crippen MR) is 146 cm³/mol. The molecule has 0 atom stereocenters. The number of benzene rings is 2. The van der Waals surface area contributed by atoms with E-state index >= 15 is 0 Å². The zero-order valence-corrected chi connectivity index (χ0v) is 23.2. The van der Waals surface area contributed by atoms with Crippen molar-refractivity contribution in [2.45, 2.75) is 77.5 Å². The molecule has 0 aromatic heterocycles. The lowest BCUT2D eigenvalue weighted by atomic mass is 9.78. The molecule has 2 aromatic rings. The van der Waals surface area contributed by atoms with Gasteiger partial charge < -0.3 is 10.2 Å². The minimum atomic E-state index is -3.51. The number of hydrogen-bond donors (Lipinski definition) is 1. The molecule has 196 valence electrons. The number of rotatable bonds is 6. The first-order valence-electron chi connectivity index (χ1n) is 13.3. The van der Waals surface area contributed by atoms with Crippen molar-refractivity contribution in [2.75, 3.05) is 31.5 Å². The van der Waals surface area contributed by atoms with Gasteiger partial charge in [-0.15, -0.1) is 0 Å². The number of hydrogen-bond acceptors (Lipinski definition) is 3. The molecule has 36 heavy (non-hydrogen) atoms. The first-order valence-corrected chi connectivity index (χ1v) is 14.8.